The Morgan fingerprint density at radius 1 is 1.05 bits per heavy atom. The van der Waals surface area contributed by atoms with Crippen molar-refractivity contribution in [1.29, 1.82) is 0 Å². The number of ether oxygens (including phenoxy) is 5. The van der Waals surface area contributed by atoms with Crippen LogP contribution in [0.3, 0.4) is 0 Å². The maximum Gasteiger partial charge on any atom is 0.335 e. The first-order valence-electron chi connectivity index (χ1n) is 11.4. The maximum absolute atomic E-state index is 11.9. The summed E-state index contributed by atoms with van der Waals surface area (Å²) >= 11 is 6.12. The van der Waals surface area contributed by atoms with Crippen LogP contribution in [0.2, 0.25) is 5.28 Å². The highest BCUT2D eigenvalue weighted by Gasteiger charge is 2.51. The van der Waals surface area contributed by atoms with E-state index in [2.05, 4.69) is 20.4 Å². The Labute approximate surface area is 222 Å². The van der Waals surface area contributed by atoms with E-state index in [-0.39, 0.29) is 28.9 Å². The van der Waals surface area contributed by atoms with Crippen LogP contribution in [0.4, 0.5) is 5.82 Å². The molecule has 16 heteroatoms. The quantitative estimate of drug-likeness (QED) is 0.203. The van der Waals surface area contributed by atoms with Crippen molar-refractivity contribution in [2.24, 2.45) is 0 Å². The molecule has 38 heavy (non-hydrogen) atoms. The Morgan fingerprint density at radius 3 is 2.32 bits per heavy atom. The molecule has 0 aliphatic carbocycles. The summed E-state index contributed by atoms with van der Waals surface area (Å²) in [5.74, 6) is -2.52. The van der Waals surface area contributed by atoms with E-state index < -0.39 is 60.6 Å². The van der Waals surface area contributed by atoms with Crippen LogP contribution in [0, 0.1) is 0 Å². The van der Waals surface area contributed by atoms with Gasteiger partial charge in [0.25, 0.3) is 0 Å². The van der Waals surface area contributed by atoms with E-state index >= 15 is 0 Å². The van der Waals surface area contributed by atoms with E-state index in [4.69, 9.17) is 40.1 Å². The van der Waals surface area contributed by atoms with E-state index in [0.717, 1.165) is 0 Å². The number of carbonyl (C=O) groups is 4. The standard InChI is InChI=1S/C22H28ClN5O10/c1-10(29)33-7-13-16(35-11(2)30)17(36-12(3)31)20(37-13)28-9-24-15-18(25-21(23)26-19(15)28)27-34-8-14(32)38-22(4,5)6/h9,13,16-17,20H,7-8H2,1-6H3,(H,25,26,27)/t13-,16-,17-,20-/m1/s1. The molecular weight excluding hydrogens is 530 g/mol. The number of esters is 4. The van der Waals surface area contributed by atoms with Gasteiger partial charge in [-0.05, 0) is 32.4 Å². The van der Waals surface area contributed by atoms with E-state index in [1.165, 1.54) is 31.7 Å². The van der Waals surface area contributed by atoms with E-state index in [1.807, 2.05) is 0 Å². The molecular formula is C22H28ClN5O10. The highest BCUT2D eigenvalue weighted by atomic mass is 35.5. The second-order valence-electron chi connectivity index (χ2n) is 9.16. The topological polar surface area (TPSA) is 179 Å². The number of anilines is 1. The summed E-state index contributed by atoms with van der Waals surface area (Å²) in [5, 5.41) is -0.211. The molecule has 1 aliphatic rings. The summed E-state index contributed by atoms with van der Waals surface area (Å²) in [6.07, 6.45) is -3.07. The smallest absolute Gasteiger partial charge is 0.335 e. The molecule has 1 saturated heterocycles. The average molecular weight is 558 g/mol. The number of fused-ring (bicyclic) bond motifs is 1. The van der Waals surface area contributed by atoms with Gasteiger partial charge in [-0.2, -0.15) is 9.97 Å². The van der Waals surface area contributed by atoms with Gasteiger partial charge in [0.15, 0.2) is 42.0 Å². The Bertz CT molecular complexity index is 1210. The van der Waals surface area contributed by atoms with E-state index in [9.17, 15) is 19.2 Å². The molecule has 0 bridgehead atoms. The van der Waals surface area contributed by atoms with Gasteiger partial charge in [-0.1, -0.05) is 0 Å². The molecule has 0 unspecified atom stereocenters. The Morgan fingerprint density at radius 2 is 1.71 bits per heavy atom. The highest BCUT2D eigenvalue weighted by molar-refractivity contribution is 6.28. The molecule has 15 nitrogen and oxygen atoms in total. The van der Waals surface area contributed by atoms with E-state index in [0.29, 0.717) is 0 Å². The van der Waals surface area contributed by atoms with Gasteiger partial charge in [0.05, 0.1) is 6.33 Å². The molecule has 1 aliphatic heterocycles. The molecule has 0 radical (unpaired) electrons. The summed E-state index contributed by atoms with van der Waals surface area (Å²) in [6.45, 7) is 7.99. The zero-order valence-corrected chi connectivity index (χ0v) is 22.3. The second-order valence-corrected chi connectivity index (χ2v) is 9.50. The van der Waals surface area contributed by atoms with Crippen LogP contribution >= 0.6 is 11.6 Å². The highest BCUT2D eigenvalue weighted by Crippen LogP contribution is 2.36. The Balaban J connectivity index is 1.91. The lowest BCUT2D eigenvalue weighted by Crippen LogP contribution is -2.40. The molecule has 208 valence electrons. The fraction of sp³-hybridized carbons (Fsp3) is 0.591. The Hall–Kier alpha value is -3.56. The molecule has 3 heterocycles. The predicted octanol–water partition coefficient (Wildman–Crippen LogP) is 1.49. The van der Waals surface area contributed by atoms with Crippen LogP contribution in [0.5, 0.6) is 0 Å². The van der Waals surface area contributed by atoms with Crippen LogP contribution < -0.4 is 5.48 Å². The molecule has 2 aromatic heterocycles. The molecule has 3 rings (SSSR count). The molecule has 0 amide bonds. The third-order valence-corrected chi connectivity index (χ3v) is 4.96. The monoisotopic (exact) mass is 557 g/mol. The number of carbonyl (C=O) groups excluding carboxylic acids is 4. The minimum atomic E-state index is -1.16. The number of hydrogen-bond donors (Lipinski definition) is 1. The summed E-state index contributed by atoms with van der Waals surface area (Å²) in [6, 6.07) is 0. The van der Waals surface area contributed by atoms with Gasteiger partial charge < -0.3 is 23.7 Å². The molecule has 4 atom stereocenters. The van der Waals surface area contributed by atoms with Crippen molar-refractivity contribution < 1.29 is 47.7 Å². The van der Waals surface area contributed by atoms with Crippen LogP contribution in [-0.4, -0.2) is 80.5 Å². The number of nitrogens with zero attached hydrogens (tertiary/aromatic N) is 4. The second kappa shape index (κ2) is 11.9. The molecule has 2 aromatic rings. The predicted molar refractivity (Wildman–Crippen MR) is 127 cm³/mol. The largest absolute Gasteiger partial charge is 0.463 e. The number of halogens is 1. The van der Waals surface area contributed by atoms with Crippen LogP contribution in [-0.2, 0) is 47.7 Å². The summed E-state index contributed by atoms with van der Waals surface area (Å²) in [5.41, 5.74) is 2.10. The lowest BCUT2D eigenvalue weighted by atomic mass is 10.1. The average Bonchev–Trinajstić information content (AvgIpc) is 3.32. The zero-order valence-electron chi connectivity index (χ0n) is 21.6. The minimum absolute atomic E-state index is 0.0253. The lowest BCUT2D eigenvalue weighted by molar-refractivity contribution is -0.166. The number of rotatable bonds is 9. The first kappa shape index (κ1) is 29.0. The zero-order chi connectivity index (χ0) is 28.2. The van der Waals surface area contributed by atoms with Crippen LogP contribution in [0.15, 0.2) is 6.33 Å². The van der Waals surface area contributed by atoms with Gasteiger partial charge >= 0.3 is 23.9 Å². The van der Waals surface area contributed by atoms with Gasteiger partial charge in [0, 0.05) is 20.8 Å². The lowest BCUT2D eigenvalue weighted by Gasteiger charge is -2.23. The molecule has 0 saturated carbocycles. The van der Waals surface area contributed by atoms with Crippen molar-refractivity contribution in [3.05, 3.63) is 11.6 Å². The van der Waals surface area contributed by atoms with Crippen LogP contribution in [0.1, 0.15) is 47.8 Å². The van der Waals surface area contributed by atoms with Crippen molar-refractivity contribution in [3.63, 3.8) is 0 Å². The van der Waals surface area contributed by atoms with Crippen molar-refractivity contribution in [1.82, 2.24) is 19.5 Å². The SMILES string of the molecule is CC(=O)OC[C@H]1O[C@@H](n2cnc3c(NOCC(=O)OC(C)(C)C)nc(Cl)nc32)[C@H](OC(C)=O)[C@@H]1OC(C)=O. The van der Waals surface area contributed by atoms with Crippen molar-refractivity contribution in [2.75, 3.05) is 18.7 Å². The van der Waals surface area contributed by atoms with Gasteiger partial charge in [-0.3, -0.25) is 23.8 Å². The Kier molecular flexibility index (Phi) is 9.06. The minimum Gasteiger partial charge on any atom is -0.463 e. The molecule has 1 fully saturated rings. The maximum atomic E-state index is 11.9. The summed E-state index contributed by atoms with van der Waals surface area (Å²) in [4.78, 5) is 64.7. The fourth-order valence-electron chi connectivity index (χ4n) is 3.60. The number of imidazole rings is 1. The van der Waals surface area contributed by atoms with Crippen LogP contribution in [0.25, 0.3) is 11.2 Å². The van der Waals surface area contributed by atoms with Gasteiger partial charge in [-0.15, -0.1) is 0 Å². The summed E-state index contributed by atoms with van der Waals surface area (Å²) < 4.78 is 28.4. The van der Waals surface area contributed by atoms with Crippen molar-refractivity contribution in [2.45, 2.75) is 71.7 Å². The number of nitrogens with one attached hydrogen (secondary N) is 1. The van der Waals surface area contributed by atoms with Gasteiger partial charge in [0.2, 0.25) is 5.28 Å². The van der Waals surface area contributed by atoms with E-state index in [1.54, 1.807) is 20.8 Å². The van der Waals surface area contributed by atoms with Gasteiger partial charge in [-0.25, -0.2) is 15.3 Å². The number of hydrogen-bond acceptors (Lipinski definition) is 14. The van der Waals surface area contributed by atoms with Crippen molar-refractivity contribution in [3.8, 4) is 0 Å². The normalized spacial score (nSPS) is 21.1. The molecule has 0 aromatic carbocycles. The van der Waals surface area contributed by atoms with Gasteiger partial charge in [0.1, 0.15) is 18.3 Å². The fourth-order valence-corrected chi connectivity index (χ4v) is 3.76. The van der Waals surface area contributed by atoms with Crippen molar-refractivity contribution >= 4 is 52.5 Å². The number of aromatic nitrogens is 4. The first-order valence-corrected chi connectivity index (χ1v) is 11.8. The first-order chi connectivity index (χ1) is 17.7. The molecule has 1 N–H and O–H groups in total. The third kappa shape index (κ3) is 7.49. The summed E-state index contributed by atoms with van der Waals surface area (Å²) in [7, 11) is 0. The molecule has 0 spiro atoms. The third-order valence-electron chi connectivity index (χ3n) is 4.79.